The quantitative estimate of drug-likeness (QED) is 0.764. The normalized spacial score (nSPS) is 15.5. The van der Waals surface area contributed by atoms with E-state index in [9.17, 15) is 18.0 Å². The van der Waals surface area contributed by atoms with Crippen molar-refractivity contribution in [2.75, 3.05) is 5.32 Å². The number of pyridine rings is 1. The van der Waals surface area contributed by atoms with E-state index in [1.165, 1.54) is 6.07 Å². The number of hydrogen-bond donors (Lipinski definition) is 2. The van der Waals surface area contributed by atoms with Crippen LogP contribution >= 0.6 is 0 Å². The summed E-state index contributed by atoms with van der Waals surface area (Å²) in [7, 11) is 0. The minimum Gasteiger partial charge on any atom is -0.358 e. The smallest absolute Gasteiger partial charge is 0.358 e. The number of alkyl halides is 3. The zero-order valence-corrected chi connectivity index (χ0v) is 16.5. The van der Waals surface area contributed by atoms with E-state index in [1.54, 1.807) is 0 Å². The number of anilines is 1. The Hall–Kier alpha value is -2.65. The van der Waals surface area contributed by atoms with Crippen LogP contribution in [-0.2, 0) is 30.5 Å². The first-order chi connectivity index (χ1) is 13.8. The van der Waals surface area contributed by atoms with Gasteiger partial charge in [0.25, 0.3) is 0 Å². The summed E-state index contributed by atoms with van der Waals surface area (Å²) in [4.78, 5) is 16.5. The third-order valence-corrected chi connectivity index (χ3v) is 4.95. The summed E-state index contributed by atoms with van der Waals surface area (Å²) in [6.45, 7) is 4.79. The molecule has 29 heavy (non-hydrogen) atoms. The average Bonchev–Trinajstić information content (AvgIpc) is 2.89. The van der Waals surface area contributed by atoms with Crippen molar-refractivity contribution in [3.8, 4) is 0 Å². The molecule has 1 aliphatic rings. The fraction of sp³-hybridized carbons (Fsp3) is 0.579. The lowest BCUT2D eigenvalue weighted by Crippen LogP contribution is -2.43. The summed E-state index contributed by atoms with van der Waals surface area (Å²) >= 11 is 0. The van der Waals surface area contributed by atoms with E-state index in [0.717, 1.165) is 50.3 Å². The van der Waals surface area contributed by atoms with Crippen LogP contribution < -0.4 is 10.6 Å². The van der Waals surface area contributed by atoms with E-state index in [1.807, 2.05) is 13.8 Å². The molecule has 0 aliphatic carbocycles. The molecule has 2 aromatic rings. The fourth-order valence-corrected chi connectivity index (χ4v) is 3.29. The Kier molecular flexibility index (Phi) is 6.39. The van der Waals surface area contributed by atoms with Crippen molar-refractivity contribution >= 4 is 11.7 Å². The zero-order chi connectivity index (χ0) is 21.0. The fourth-order valence-electron chi connectivity index (χ4n) is 3.29. The molecule has 0 spiro atoms. The SMILES string of the molecule is CC(C)[C@H](Nc1ccc(C(F)(F)F)cn1)C(=O)NCc1nnc2n1CCCCC2. The van der Waals surface area contributed by atoms with E-state index in [4.69, 9.17) is 0 Å². The number of carbonyl (C=O) groups excluding carboxylic acids is 1. The molecular formula is C19H25F3N6O. The maximum absolute atomic E-state index is 12.7. The van der Waals surface area contributed by atoms with Crippen LogP contribution in [0.5, 0.6) is 0 Å². The molecular weight excluding hydrogens is 385 g/mol. The van der Waals surface area contributed by atoms with Gasteiger partial charge in [-0.25, -0.2) is 4.98 Å². The van der Waals surface area contributed by atoms with Gasteiger partial charge in [-0.2, -0.15) is 13.2 Å². The van der Waals surface area contributed by atoms with Gasteiger partial charge >= 0.3 is 6.18 Å². The van der Waals surface area contributed by atoms with Crippen molar-refractivity contribution in [3.63, 3.8) is 0 Å². The first kappa shape index (κ1) is 21.1. The van der Waals surface area contributed by atoms with Gasteiger partial charge in [0.15, 0.2) is 5.82 Å². The van der Waals surface area contributed by atoms with Crippen molar-refractivity contribution in [1.82, 2.24) is 25.1 Å². The second kappa shape index (κ2) is 8.79. The predicted octanol–water partition coefficient (Wildman–Crippen LogP) is 3.17. The molecule has 1 atom stereocenters. The highest BCUT2D eigenvalue weighted by Gasteiger charge is 2.31. The van der Waals surface area contributed by atoms with E-state index >= 15 is 0 Å². The minimum atomic E-state index is -4.45. The molecule has 0 bridgehead atoms. The molecule has 0 fully saturated rings. The first-order valence-electron chi connectivity index (χ1n) is 9.74. The molecule has 0 radical (unpaired) electrons. The molecule has 158 valence electrons. The number of hydrogen-bond acceptors (Lipinski definition) is 5. The van der Waals surface area contributed by atoms with Gasteiger partial charge in [0.2, 0.25) is 5.91 Å². The lowest BCUT2D eigenvalue weighted by molar-refractivity contribution is -0.137. The van der Waals surface area contributed by atoms with Gasteiger partial charge in [-0.15, -0.1) is 10.2 Å². The lowest BCUT2D eigenvalue weighted by atomic mass is 10.0. The summed E-state index contributed by atoms with van der Waals surface area (Å²) in [6.07, 6.45) is 0.483. The maximum atomic E-state index is 12.7. The van der Waals surface area contributed by atoms with Crippen molar-refractivity contribution in [1.29, 1.82) is 0 Å². The van der Waals surface area contributed by atoms with Gasteiger partial charge in [0.05, 0.1) is 12.1 Å². The first-order valence-corrected chi connectivity index (χ1v) is 9.74. The van der Waals surface area contributed by atoms with Crippen LogP contribution in [0.25, 0.3) is 0 Å². The molecule has 7 nitrogen and oxygen atoms in total. The molecule has 2 aromatic heterocycles. The van der Waals surface area contributed by atoms with Gasteiger partial charge in [0, 0.05) is 19.2 Å². The van der Waals surface area contributed by atoms with Gasteiger partial charge < -0.3 is 15.2 Å². The third kappa shape index (κ3) is 5.24. The largest absolute Gasteiger partial charge is 0.417 e. The topological polar surface area (TPSA) is 84.7 Å². The third-order valence-electron chi connectivity index (χ3n) is 4.95. The molecule has 0 saturated heterocycles. The Morgan fingerprint density at radius 1 is 1.21 bits per heavy atom. The molecule has 1 aliphatic heterocycles. The summed E-state index contributed by atoms with van der Waals surface area (Å²) < 4.78 is 40.1. The molecule has 0 aromatic carbocycles. The number of fused-ring (bicyclic) bond motifs is 1. The molecule has 3 heterocycles. The van der Waals surface area contributed by atoms with E-state index < -0.39 is 17.8 Å². The Balaban J connectivity index is 1.63. The Bertz CT molecular complexity index is 831. The highest BCUT2D eigenvalue weighted by atomic mass is 19.4. The number of nitrogens with one attached hydrogen (secondary N) is 2. The highest BCUT2D eigenvalue weighted by molar-refractivity contribution is 5.84. The van der Waals surface area contributed by atoms with Crippen LogP contribution in [0.3, 0.4) is 0 Å². The predicted molar refractivity (Wildman–Crippen MR) is 101 cm³/mol. The van der Waals surface area contributed by atoms with Crippen molar-refractivity contribution in [3.05, 3.63) is 35.5 Å². The Morgan fingerprint density at radius 2 is 2.00 bits per heavy atom. The van der Waals surface area contributed by atoms with Crippen molar-refractivity contribution < 1.29 is 18.0 Å². The second-order valence-corrected chi connectivity index (χ2v) is 7.51. The number of rotatable bonds is 6. The van der Waals surface area contributed by atoms with Crippen LogP contribution in [0.1, 0.15) is 50.3 Å². The zero-order valence-electron chi connectivity index (χ0n) is 16.5. The van der Waals surface area contributed by atoms with Crippen LogP contribution in [0, 0.1) is 5.92 Å². The number of aromatic nitrogens is 4. The maximum Gasteiger partial charge on any atom is 0.417 e. The molecule has 0 unspecified atom stereocenters. The summed E-state index contributed by atoms with van der Waals surface area (Å²) in [5, 5.41) is 14.2. The van der Waals surface area contributed by atoms with Crippen LogP contribution in [0.4, 0.5) is 19.0 Å². The van der Waals surface area contributed by atoms with Gasteiger partial charge in [-0.1, -0.05) is 20.3 Å². The molecule has 0 saturated carbocycles. The van der Waals surface area contributed by atoms with E-state index in [0.29, 0.717) is 5.82 Å². The highest BCUT2D eigenvalue weighted by Crippen LogP contribution is 2.29. The number of halogens is 3. The summed E-state index contributed by atoms with van der Waals surface area (Å²) in [6, 6.07) is 1.52. The number of amides is 1. The van der Waals surface area contributed by atoms with Crippen LogP contribution in [0.15, 0.2) is 18.3 Å². The second-order valence-electron chi connectivity index (χ2n) is 7.51. The number of nitrogens with zero attached hydrogens (tertiary/aromatic N) is 4. The summed E-state index contributed by atoms with van der Waals surface area (Å²) in [5.41, 5.74) is -0.832. The van der Waals surface area contributed by atoms with Crippen LogP contribution in [0.2, 0.25) is 0 Å². The monoisotopic (exact) mass is 410 g/mol. The molecule has 1 amide bonds. The molecule has 10 heteroatoms. The van der Waals surface area contributed by atoms with Gasteiger partial charge in [-0.3, -0.25) is 4.79 Å². The lowest BCUT2D eigenvalue weighted by Gasteiger charge is -2.22. The van der Waals surface area contributed by atoms with E-state index in [2.05, 4.69) is 30.4 Å². The Morgan fingerprint density at radius 3 is 2.66 bits per heavy atom. The van der Waals surface area contributed by atoms with E-state index in [-0.39, 0.29) is 24.2 Å². The number of aryl methyl sites for hydroxylation is 1. The van der Waals surface area contributed by atoms with Crippen molar-refractivity contribution in [2.24, 2.45) is 5.92 Å². The van der Waals surface area contributed by atoms with Gasteiger partial charge in [-0.05, 0) is 30.9 Å². The van der Waals surface area contributed by atoms with Gasteiger partial charge in [0.1, 0.15) is 17.7 Å². The summed E-state index contributed by atoms with van der Waals surface area (Å²) in [5.74, 6) is 1.50. The van der Waals surface area contributed by atoms with Crippen molar-refractivity contribution in [2.45, 2.75) is 64.8 Å². The number of carbonyl (C=O) groups is 1. The minimum absolute atomic E-state index is 0.102. The van der Waals surface area contributed by atoms with Crippen LogP contribution in [-0.4, -0.2) is 31.7 Å². The Labute approximate surface area is 167 Å². The molecule has 2 N–H and O–H groups in total. The average molecular weight is 410 g/mol. The molecule has 3 rings (SSSR count). The standard InChI is InChI=1S/C19H25F3N6O/c1-12(2)17(25-14-8-7-13(10-23-14)19(20,21)22)18(29)24-11-16-27-26-15-6-4-3-5-9-28(15)16/h7-8,10,12,17H,3-6,9,11H2,1-2H3,(H,23,25)(H,24,29)/t17-/m0/s1.